The van der Waals surface area contributed by atoms with E-state index >= 15 is 0 Å². The van der Waals surface area contributed by atoms with Crippen LogP contribution < -0.4 is 0 Å². The van der Waals surface area contributed by atoms with Crippen LogP contribution in [-0.4, -0.2) is 14.8 Å². The molecule has 1 aromatic carbocycles. The van der Waals surface area contributed by atoms with E-state index in [2.05, 4.69) is 4.18 Å². The summed E-state index contributed by atoms with van der Waals surface area (Å²) < 4.78 is 62.7. The molecule has 0 saturated heterocycles. The van der Waals surface area contributed by atoms with E-state index in [-0.39, 0.29) is 11.2 Å². The van der Waals surface area contributed by atoms with E-state index in [0.29, 0.717) is 0 Å². The van der Waals surface area contributed by atoms with Gasteiger partial charge in [-0.15, -0.1) is 0 Å². The Morgan fingerprint density at radius 2 is 1.82 bits per heavy atom. The van der Waals surface area contributed by atoms with E-state index in [9.17, 15) is 21.6 Å². The molecule has 0 fully saturated rings. The van der Waals surface area contributed by atoms with Crippen molar-refractivity contribution < 1.29 is 25.8 Å². The lowest BCUT2D eigenvalue weighted by Gasteiger charge is -2.03. The quantitative estimate of drug-likeness (QED) is 0.621. The SMILES string of the molecule is Cc1ccc(S(=O)(=O)O/C=C(/F)C(F)F)cc1. The molecule has 0 aliphatic heterocycles. The van der Waals surface area contributed by atoms with Crippen molar-refractivity contribution in [1.82, 2.24) is 0 Å². The van der Waals surface area contributed by atoms with E-state index in [1.54, 1.807) is 6.92 Å². The van der Waals surface area contributed by atoms with E-state index in [4.69, 9.17) is 0 Å². The van der Waals surface area contributed by atoms with Crippen molar-refractivity contribution in [3.63, 3.8) is 0 Å². The number of hydrogen-bond acceptors (Lipinski definition) is 3. The topological polar surface area (TPSA) is 43.4 Å². The highest BCUT2D eigenvalue weighted by molar-refractivity contribution is 7.86. The number of allylic oxidation sites excluding steroid dienone is 1. The highest BCUT2D eigenvalue weighted by Gasteiger charge is 2.17. The van der Waals surface area contributed by atoms with Gasteiger partial charge < -0.3 is 4.18 Å². The summed E-state index contributed by atoms with van der Waals surface area (Å²) in [7, 11) is -4.26. The lowest BCUT2D eigenvalue weighted by atomic mass is 10.2. The van der Waals surface area contributed by atoms with E-state index < -0.39 is 22.4 Å². The molecule has 17 heavy (non-hydrogen) atoms. The van der Waals surface area contributed by atoms with Gasteiger partial charge in [0.15, 0.2) is 0 Å². The second-order valence-corrected chi connectivity index (χ2v) is 4.74. The second kappa shape index (κ2) is 5.22. The zero-order chi connectivity index (χ0) is 13.1. The van der Waals surface area contributed by atoms with Crippen molar-refractivity contribution >= 4 is 10.1 Å². The Morgan fingerprint density at radius 1 is 1.29 bits per heavy atom. The maximum absolute atomic E-state index is 12.4. The molecule has 0 saturated carbocycles. The van der Waals surface area contributed by atoms with Gasteiger partial charge in [0.2, 0.25) is 5.83 Å². The number of rotatable bonds is 4. The number of aryl methyl sites for hydroxylation is 1. The van der Waals surface area contributed by atoms with Crippen molar-refractivity contribution in [2.24, 2.45) is 0 Å². The number of benzene rings is 1. The van der Waals surface area contributed by atoms with E-state index in [0.717, 1.165) is 5.56 Å². The zero-order valence-electron chi connectivity index (χ0n) is 8.73. The predicted molar refractivity (Wildman–Crippen MR) is 54.6 cm³/mol. The molecule has 94 valence electrons. The fraction of sp³-hybridized carbons (Fsp3) is 0.200. The Morgan fingerprint density at radius 3 is 2.29 bits per heavy atom. The molecule has 0 N–H and O–H groups in total. The maximum atomic E-state index is 12.4. The third-order valence-electron chi connectivity index (χ3n) is 1.81. The van der Waals surface area contributed by atoms with Crippen LogP contribution in [0, 0.1) is 6.92 Å². The molecule has 0 radical (unpaired) electrons. The summed E-state index contributed by atoms with van der Waals surface area (Å²) in [4.78, 5) is -0.235. The Hall–Kier alpha value is -1.50. The summed E-state index contributed by atoms with van der Waals surface area (Å²) in [5.74, 6) is -1.94. The molecule has 1 rings (SSSR count). The molecule has 0 unspecified atom stereocenters. The van der Waals surface area contributed by atoms with Gasteiger partial charge >= 0.3 is 10.1 Å². The minimum atomic E-state index is -4.26. The predicted octanol–water partition coefficient (Wildman–Crippen LogP) is 2.78. The molecule has 3 nitrogen and oxygen atoms in total. The van der Waals surface area contributed by atoms with Crippen molar-refractivity contribution in [2.75, 3.05) is 0 Å². The lowest BCUT2D eigenvalue weighted by Crippen LogP contribution is -2.03. The molecule has 1 aromatic rings. The molecule has 0 atom stereocenters. The van der Waals surface area contributed by atoms with Gasteiger partial charge in [-0.2, -0.15) is 8.42 Å². The summed E-state index contributed by atoms with van der Waals surface area (Å²) in [5, 5.41) is 0. The first-order valence-corrected chi connectivity index (χ1v) is 5.87. The first-order valence-electron chi connectivity index (χ1n) is 4.46. The average Bonchev–Trinajstić information content (AvgIpc) is 2.26. The van der Waals surface area contributed by atoms with Gasteiger partial charge in [-0.25, -0.2) is 13.2 Å². The third kappa shape index (κ3) is 3.77. The van der Waals surface area contributed by atoms with Gasteiger partial charge in [0.1, 0.15) is 11.2 Å². The van der Waals surface area contributed by atoms with Crippen LogP contribution >= 0.6 is 0 Å². The fourth-order valence-corrected chi connectivity index (χ4v) is 1.72. The van der Waals surface area contributed by atoms with Crippen molar-refractivity contribution in [3.05, 3.63) is 41.9 Å². The number of alkyl halides is 2. The molecule has 0 spiro atoms. The summed E-state index contributed by atoms with van der Waals surface area (Å²) in [6.45, 7) is 1.74. The van der Waals surface area contributed by atoms with Crippen LogP contribution in [0.3, 0.4) is 0 Å². The molecule has 0 aliphatic carbocycles. The molecule has 0 aromatic heterocycles. The highest BCUT2D eigenvalue weighted by Crippen LogP contribution is 2.16. The summed E-state index contributed by atoms with van der Waals surface area (Å²) >= 11 is 0. The monoisotopic (exact) mass is 266 g/mol. The molecule has 7 heteroatoms. The standard InChI is InChI=1S/C10H9F3O3S/c1-7-2-4-8(5-3-7)17(14,15)16-6-9(11)10(12)13/h2-6,10H,1H3/b9-6+. The lowest BCUT2D eigenvalue weighted by molar-refractivity contribution is 0.154. The van der Waals surface area contributed by atoms with Crippen LogP contribution in [0.15, 0.2) is 41.2 Å². The van der Waals surface area contributed by atoms with Gasteiger partial charge in [0.05, 0.1) is 0 Å². The normalized spacial score (nSPS) is 12.9. The summed E-state index contributed by atoms with van der Waals surface area (Å²) in [5.41, 5.74) is 0.818. The van der Waals surface area contributed by atoms with Crippen molar-refractivity contribution in [3.8, 4) is 0 Å². The second-order valence-electron chi connectivity index (χ2n) is 3.17. The van der Waals surface area contributed by atoms with Gasteiger partial charge in [-0.1, -0.05) is 17.7 Å². The summed E-state index contributed by atoms with van der Waals surface area (Å²) in [6.07, 6.45) is -3.51. The molecular weight excluding hydrogens is 257 g/mol. The van der Waals surface area contributed by atoms with Gasteiger partial charge in [0, 0.05) is 0 Å². The molecule has 0 aliphatic rings. The Kier molecular flexibility index (Phi) is 4.17. The molecule has 0 bridgehead atoms. The third-order valence-corrected chi connectivity index (χ3v) is 3.00. The fourth-order valence-electron chi connectivity index (χ4n) is 0.921. The molecule has 0 heterocycles. The first kappa shape index (κ1) is 13.6. The minimum absolute atomic E-state index is 0.111. The van der Waals surface area contributed by atoms with Crippen LogP contribution in [0.1, 0.15) is 5.56 Å². The number of halogens is 3. The smallest absolute Gasteiger partial charge is 0.338 e. The first-order chi connectivity index (χ1) is 7.83. The Balaban J connectivity index is 2.90. The van der Waals surface area contributed by atoms with Crippen LogP contribution in [0.5, 0.6) is 0 Å². The van der Waals surface area contributed by atoms with Crippen LogP contribution in [0.2, 0.25) is 0 Å². The van der Waals surface area contributed by atoms with E-state index in [1.807, 2.05) is 0 Å². The van der Waals surface area contributed by atoms with Gasteiger partial charge in [-0.05, 0) is 19.1 Å². The maximum Gasteiger partial charge on any atom is 0.338 e. The number of hydrogen-bond donors (Lipinski definition) is 0. The van der Waals surface area contributed by atoms with Crippen molar-refractivity contribution in [1.29, 1.82) is 0 Å². The van der Waals surface area contributed by atoms with Gasteiger partial charge in [-0.3, -0.25) is 0 Å². The van der Waals surface area contributed by atoms with Crippen molar-refractivity contribution in [2.45, 2.75) is 18.2 Å². The average molecular weight is 266 g/mol. The van der Waals surface area contributed by atoms with Crippen LogP contribution in [0.4, 0.5) is 13.2 Å². The Bertz CT molecular complexity index is 506. The van der Waals surface area contributed by atoms with E-state index in [1.165, 1.54) is 24.3 Å². The summed E-state index contributed by atoms with van der Waals surface area (Å²) in [6, 6.07) is 5.48. The molecular formula is C10H9F3O3S. The van der Waals surface area contributed by atoms with Crippen LogP contribution in [-0.2, 0) is 14.3 Å². The van der Waals surface area contributed by atoms with Crippen LogP contribution in [0.25, 0.3) is 0 Å². The molecule has 0 amide bonds. The minimum Gasteiger partial charge on any atom is -0.384 e. The largest absolute Gasteiger partial charge is 0.384 e. The highest BCUT2D eigenvalue weighted by atomic mass is 32.2. The zero-order valence-corrected chi connectivity index (χ0v) is 9.55. The van der Waals surface area contributed by atoms with Gasteiger partial charge in [0.25, 0.3) is 6.43 Å². The Labute approximate surface area is 96.6 Å².